The minimum Gasteiger partial charge on any atom is -0.341 e. The highest BCUT2D eigenvalue weighted by atomic mass is 32.2. The second-order valence-electron chi connectivity index (χ2n) is 8.85. The number of fused-ring (bicyclic) bond motifs is 1. The molecule has 0 radical (unpaired) electrons. The van der Waals surface area contributed by atoms with Crippen molar-refractivity contribution < 1.29 is 13.2 Å². The van der Waals surface area contributed by atoms with Crippen LogP contribution in [0.25, 0.3) is 0 Å². The summed E-state index contributed by atoms with van der Waals surface area (Å²) in [4.78, 5) is 17.0. The van der Waals surface area contributed by atoms with Gasteiger partial charge in [-0.1, -0.05) is 49.6 Å². The Balaban J connectivity index is 1.25. The van der Waals surface area contributed by atoms with E-state index in [0.717, 1.165) is 31.0 Å². The van der Waals surface area contributed by atoms with Crippen LogP contribution in [0.1, 0.15) is 37.7 Å². The van der Waals surface area contributed by atoms with E-state index in [0.29, 0.717) is 38.6 Å². The standard InChI is InChI=1S/C22H33N3O3S/c26-22(24-11-10-20-8-4-5-9-21(20)16-24)17-23-12-14-25(15-13-23)29(27,28)18-19-6-2-1-3-7-19/h1-3,6-7,20-21H,4-5,8-18H2/t20-,21+/m1/s1. The fourth-order valence-electron chi connectivity index (χ4n) is 5.16. The highest BCUT2D eigenvalue weighted by molar-refractivity contribution is 7.88. The van der Waals surface area contributed by atoms with Crippen LogP contribution in [0.2, 0.25) is 0 Å². The molecule has 6 nitrogen and oxygen atoms in total. The van der Waals surface area contributed by atoms with Gasteiger partial charge in [0.25, 0.3) is 0 Å². The SMILES string of the molecule is O=C(CN1CCN(S(=O)(=O)Cc2ccccc2)CC1)N1CC[C@H]2CCCC[C@H]2C1. The van der Waals surface area contributed by atoms with Crippen LogP contribution in [0.4, 0.5) is 0 Å². The average Bonchev–Trinajstić information content (AvgIpc) is 2.74. The Morgan fingerprint density at radius 3 is 2.31 bits per heavy atom. The van der Waals surface area contributed by atoms with Crippen LogP contribution >= 0.6 is 0 Å². The molecule has 29 heavy (non-hydrogen) atoms. The summed E-state index contributed by atoms with van der Waals surface area (Å²) in [6.07, 6.45) is 6.43. The fraction of sp³-hybridized carbons (Fsp3) is 0.682. The molecule has 1 aliphatic carbocycles. The largest absolute Gasteiger partial charge is 0.341 e. The minimum atomic E-state index is -3.31. The third-order valence-corrected chi connectivity index (χ3v) is 8.77. The highest BCUT2D eigenvalue weighted by Gasteiger charge is 2.34. The van der Waals surface area contributed by atoms with Gasteiger partial charge in [0, 0.05) is 39.3 Å². The van der Waals surface area contributed by atoms with Crippen molar-refractivity contribution in [1.29, 1.82) is 0 Å². The number of benzene rings is 1. The van der Waals surface area contributed by atoms with E-state index in [2.05, 4.69) is 9.80 Å². The summed E-state index contributed by atoms with van der Waals surface area (Å²) in [7, 11) is -3.31. The lowest BCUT2D eigenvalue weighted by atomic mass is 9.75. The molecule has 0 bridgehead atoms. The van der Waals surface area contributed by atoms with Gasteiger partial charge in [-0.2, -0.15) is 4.31 Å². The summed E-state index contributed by atoms with van der Waals surface area (Å²) in [6, 6.07) is 9.32. The van der Waals surface area contributed by atoms with Crippen LogP contribution in [0.5, 0.6) is 0 Å². The number of piperazine rings is 1. The van der Waals surface area contributed by atoms with Crippen molar-refractivity contribution in [2.75, 3.05) is 45.8 Å². The number of likely N-dealkylation sites (tertiary alicyclic amines) is 1. The first-order valence-electron chi connectivity index (χ1n) is 11.0. The molecule has 1 aromatic rings. The number of carbonyl (C=O) groups excluding carboxylic acids is 1. The van der Waals surface area contributed by atoms with E-state index >= 15 is 0 Å². The van der Waals surface area contributed by atoms with Gasteiger partial charge in [0.15, 0.2) is 0 Å². The van der Waals surface area contributed by atoms with Crippen molar-refractivity contribution in [1.82, 2.24) is 14.1 Å². The van der Waals surface area contributed by atoms with Gasteiger partial charge in [0.1, 0.15) is 0 Å². The van der Waals surface area contributed by atoms with Gasteiger partial charge in [0.05, 0.1) is 12.3 Å². The highest BCUT2D eigenvalue weighted by Crippen LogP contribution is 2.36. The van der Waals surface area contributed by atoms with E-state index < -0.39 is 10.0 Å². The first kappa shape index (κ1) is 20.8. The topological polar surface area (TPSA) is 60.9 Å². The molecule has 2 aliphatic heterocycles. The van der Waals surface area contributed by atoms with Gasteiger partial charge in [0.2, 0.25) is 15.9 Å². The Bertz CT molecular complexity index is 791. The quantitative estimate of drug-likeness (QED) is 0.734. The maximum atomic E-state index is 12.8. The number of hydrogen-bond acceptors (Lipinski definition) is 4. The van der Waals surface area contributed by atoms with E-state index in [-0.39, 0.29) is 11.7 Å². The van der Waals surface area contributed by atoms with Crippen molar-refractivity contribution >= 4 is 15.9 Å². The molecule has 1 amide bonds. The lowest BCUT2D eigenvalue weighted by Gasteiger charge is -2.42. The number of rotatable bonds is 5. The second-order valence-corrected chi connectivity index (χ2v) is 10.8. The van der Waals surface area contributed by atoms with E-state index in [1.54, 1.807) is 4.31 Å². The normalized spacial score (nSPS) is 26.8. The summed E-state index contributed by atoms with van der Waals surface area (Å²) in [6.45, 7) is 4.42. The molecule has 1 saturated carbocycles. The molecule has 2 saturated heterocycles. The van der Waals surface area contributed by atoms with Gasteiger partial charge in [-0.25, -0.2) is 8.42 Å². The molecule has 2 atom stereocenters. The van der Waals surface area contributed by atoms with Gasteiger partial charge >= 0.3 is 0 Å². The first-order chi connectivity index (χ1) is 14.0. The molecule has 2 heterocycles. The number of amides is 1. The Morgan fingerprint density at radius 2 is 1.59 bits per heavy atom. The Morgan fingerprint density at radius 1 is 0.897 bits per heavy atom. The Hall–Kier alpha value is -1.44. The van der Waals surface area contributed by atoms with E-state index in [4.69, 9.17) is 0 Å². The predicted molar refractivity (Wildman–Crippen MR) is 114 cm³/mol. The average molecular weight is 420 g/mol. The van der Waals surface area contributed by atoms with Crippen molar-refractivity contribution in [3.8, 4) is 0 Å². The van der Waals surface area contributed by atoms with Gasteiger partial charge in [-0.15, -0.1) is 0 Å². The molecule has 3 aliphatic rings. The zero-order chi connectivity index (χ0) is 20.3. The minimum absolute atomic E-state index is 0.0447. The lowest BCUT2D eigenvalue weighted by Crippen LogP contribution is -2.53. The van der Waals surface area contributed by atoms with E-state index in [1.807, 2.05) is 30.3 Å². The summed E-state index contributed by atoms with van der Waals surface area (Å²) >= 11 is 0. The third-order valence-electron chi connectivity index (χ3n) is 6.92. The Kier molecular flexibility index (Phi) is 6.56. The van der Waals surface area contributed by atoms with Crippen LogP contribution < -0.4 is 0 Å². The van der Waals surface area contributed by atoms with Crippen LogP contribution in [0.15, 0.2) is 30.3 Å². The maximum Gasteiger partial charge on any atom is 0.236 e. The van der Waals surface area contributed by atoms with Gasteiger partial charge in [-0.05, 0) is 30.2 Å². The smallest absolute Gasteiger partial charge is 0.236 e. The van der Waals surface area contributed by atoms with E-state index in [9.17, 15) is 13.2 Å². The van der Waals surface area contributed by atoms with Crippen molar-refractivity contribution in [2.24, 2.45) is 11.8 Å². The van der Waals surface area contributed by atoms with Crippen LogP contribution in [0.3, 0.4) is 0 Å². The van der Waals surface area contributed by atoms with Crippen LogP contribution in [0, 0.1) is 11.8 Å². The van der Waals surface area contributed by atoms with Crippen molar-refractivity contribution in [3.63, 3.8) is 0 Å². The summed E-state index contributed by atoms with van der Waals surface area (Å²) < 4.78 is 27.0. The molecular weight excluding hydrogens is 386 g/mol. The number of piperidine rings is 1. The first-order valence-corrected chi connectivity index (χ1v) is 12.6. The summed E-state index contributed by atoms with van der Waals surface area (Å²) in [5, 5.41) is 0. The molecule has 4 rings (SSSR count). The molecule has 160 valence electrons. The van der Waals surface area contributed by atoms with Crippen LogP contribution in [-0.2, 0) is 20.6 Å². The molecule has 3 fully saturated rings. The number of nitrogens with zero attached hydrogens (tertiary/aromatic N) is 3. The molecule has 0 N–H and O–H groups in total. The van der Waals surface area contributed by atoms with Gasteiger partial charge in [-0.3, -0.25) is 9.69 Å². The molecule has 0 spiro atoms. The van der Waals surface area contributed by atoms with E-state index in [1.165, 1.54) is 25.7 Å². The monoisotopic (exact) mass is 419 g/mol. The Labute approximate surface area is 174 Å². The summed E-state index contributed by atoms with van der Waals surface area (Å²) in [5.41, 5.74) is 0.816. The number of hydrogen-bond donors (Lipinski definition) is 0. The maximum absolute atomic E-state index is 12.8. The second kappa shape index (κ2) is 9.14. The number of sulfonamides is 1. The third kappa shape index (κ3) is 5.19. The van der Waals surface area contributed by atoms with Crippen LogP contribution in [-0.4, -0.2) is 74.2 Å². The summed E-state index contributed by atoms with van der Waals surface area (Å²) in [5.74, 6) is 1.78. The fourth-order valence-corrected chi connectivity index (χ4v) is 6.68. The lowest BCUT2D eigenvalue weighted by molar-refractivity contribution is -0.135. The molecule has 7 heteroatoms. The van der Waals surface area contributed by atoms with Gasteiger partial charge < -0.3 is 4.90 Å². The molecular formula is C22H33N3O3S. The molecule has 0 unspecified atom stereocenters. The molecule has 1 aromatic carbocycles. The zero-order valence-corrected chi connectivity index (χ0v) is 18.0. The zero-order valence-electron chi connectivity index (χ0n) is 17.2. The van der Waals surface area contributed by atoms with Crippen molar-refractivity contribution in [2.45, 2.75) is 37.9 Å². The number of carbonyl (C=O) groups is 1. The predicted octanol–water partition coefficient (Wildman–Crippen LogP) is 2.17. The van der Waals surface area contributed by atoms with Crippen molar-refractivity contribution in [3.05, 3.63) is 35.9 Å². The molecule has 0 aromatic heterocycles.